The number of aliphatic hydroxyl groups is 1. The third-order valence-corrected chi connectivity index (χ3v) is 3.71. The summed E-state index contributed by atoms with van der Waals surface area (Å²) in [5, 5.41) is 16.2. The van der Waals surface area contributed by atoms with Crippen molar-refractivity contribution in [2.45, 2.75) is 6.42 Å². The van der Waals surface area contributed by atoms with Gasteiger partial charge in [-0.05, 0) is 16.8 Å². The van der Waals surface area contributed by atoms with E-state index < -0.39 is 0 Å². The number of hydrogen-bond acceptors (Lipinski definition) is 3. The predicted molar refractivity (Wildman–Crippen MR) is 80.2 cm³/mol. The van der Waals surface area contributed by atoms with Crippen molar-refractivity contribution in [2.24, 2.45) is 0 Å². The van der Waals surface area contributed by atoms with Crippen LogP contribution in [0.15, 0.2) is 60.4 Å². The lowest BCUT2D eigenvalue weighted by Gasteiger charge is -2.08. The number of hydrogen-bond donors (Lipinski definition) is 1. The van der Waals surface area contributed by atoms with Crippen molar-refractivity contribution in [1.82, 2.24) is 9.78 Å². The molecule has 0 amide bonds. The average Bonchev–Trinajstić information content (AvgIpc) is 2.90. The van der Waals surface area contributed by atoms with Crippen LogP contribution in [0, 0.1) is 0 Å². The highest BCUT2D eigenvalue weighted by molar-refractivity contribution is 5.97. The first-order chi connectivity index (χ1) is 10.2. The van der Waals surface area contributed by atoms with Crippen LogP contribution in [0.2, 0.25) is 0 Å². The third-order valence-electron chi connectivity index (χ3n) is 3.71. The SMILES string of the molecule is O=C1C=C(O)Cc2cc(-c3cccc4ccccc34)nn21. The molecule has 3 aromatic rings. The average molecular weight is 276 g/mol. The van der Waals surface area contributed by atoms with Crippen LogP contribution < -0.4 is 0 Å². The van der Waals surface area contributed by atoms with Crippen LogP contribution in [0.5, 0.6) is 0 Å². The lowest BCUT2D eigenvalue weighted by molar-refractivity contribution is 0.0940. The molecule has 102 valence electrons. The summed E-state index contributed by atoms with van der Waals surface area (Å²) in [5.74, 6) is -0.225. The van der Waals surface area contributed by atoms with E-state index in [9.17, 15) is 9.90 Å². The quantitative estimate of drug-likeness (QED) is 0.741. The largest absolute Gasteiger partial charge is 0.512 e. The maximum atomic E-state index is 11.9. The molecule has 0 atom stereocenters. The van der Waals surface area contributed by atoms with Crippen molar-refractivity contribution in [3.63, 3.8) is 0 Å². The molecule has 2 heterocycles. The second kappa shape index (κ2) is 4.31. The highest BCUT2D eigenvalue weighted by Crippen LogP contribution is 2.29. The summed E-state index contributed by atoms with van der Waals surface area (Å²) in [7, 11) is 0. The highest BCUT2D eigenvalue weighted by atomic mass is 16.3. The molecule has 1 aromatic heterocycles. The Morgan fingerprint density at radius 3 is 2.81 bits per heavy atom. The van der Waals surface area contributed by atoms with Gasteiger partial charge in [0, 0.05) is 18.1 Å². The van der Waals surface area contributed by atoms with Gasteiger partial charge in [-0.3, -0.25) is 4.79 Å². The Bertz CT molecular complexity index is 901. The Morgan fingerprint density at radius 1 is 1.10 bits per heavy atom. The zero-order valence-electron chi connectivity index (χ0n) is 11.2. The Labute approximate surface area is 120 Å². The summed E-state index contributed by atoms with van der Waals surface area (Å²) in [4.78, 5) is 11.9. The van der Waals surface area contributed by atoms with Gasteiger partial charge in [-0.1, -0.05) is 42.5 Å². The van der Waals surface area contributed by atoms with Gasteiger partial charge in [-0.2, -0.15) is 5.10 Å². The number of nitrogens with zero attached hydrogens (tertiary/aromatic N) is 2. The van der Waals surface area contributed by atoms with Crippen LogP contribution in [-0.2, 0) is 6.42 Å². The topological polar surface area (TPSA) is 55.1 Å². The predicted octanol–water partition coefficient (Wildman–Crippen LogP) is 3.34. The number of carbonyl (C=O) groups excluding carboxylic acids is 1. The zero-order chi connectivity index (χ0) is 14.4. The van der Waals surface area contributed by atoms with E-state index in [-0.39, 0.29) is 11.7 Å². The number of fused-ring (bicyclic) bond motifs is 2. The van der Waals surface area contributed by atoms with Crippen molar-refractivity contribution in [3.05, 3.63) is 66.1 Å². The molecule has 0 bridgehead atoms. The minimum Gasteiger partial charge on any atom is -0.512 e. The molecule has 0 spiro atoms. The van der Waals surface area contributed by atoms with E-state index in [2.05, 4.69) is 5.10 Å². The van der Waals surface area contributed by atoms with E-state index >= 15 is 0 Å². The summed E-state index contributed by atoms with van der Waals surface area (Å²) in [5.41, 5.74) is 2.45. The first kappa shape index (κ1) is 11.9. The van der Waals surface area contributed by atoms with Gasteiger partial charge in [0.15, 0.2) is 0 Å². The zero-order valence-corrected chi connectivity index (χ0v) is 11.2. The smallest absolute Gasteiger partial charge is 0.274 e. The third kappa shape index (κ3) is 1.84. The minimum absolute atomic E-state index is 0.0804. The van der Waals surface area contributed by atoms with Crippen molar-refractivity contribution in [2.75, 3.05) is 0 Å². The Morgan fingerprint density at radius 2 is 1.90 bits per heavy atom. The summed E-state index contributed by atoms with van der Waals surface area (Å²) < 4.78 is 1.36. The molecule has 4 heteroatoms. The van der Waals surface area contributed by atoms with Gasteiger partial charge in [-0.15, -0.1) is 0 Å². The Kier molecular flexibility index (Phi) is 2.44. The number of aliphatic hydroxyl groups excluding tert-OH is 1. The molecule has 0 aliphatic carbocycles. The molecule has 21 heavy (non-hydrogen) atoms. The molecule has 0 unspecified atom stereocenters. The summed E-state index contributed by atoms with van der Waals surface area (Å²) in [6.07, 6.45) is 1.55. The molecule has 1 aliphatic heterocycles. The van der Waals surface area contributed by atoms with E-state index in [1.165, 1.54) is 10.8 Å². The molecule has 0 saturated carbocycles. The van der Waals surface area contributed by atoms with Crippen LogP contribution in [0.25, 0.3) is 22.0 Å². The molecule has 1 aliphatic rings. The van der Waals surface area contributed by atoms with Crippen molar-refractivity contribution < 1.29 is 9.90 Å². The molecule has 0 radical (unpaired) electrons. The van der Waals surface area contributed by atoms with Gasteiger partial charge < -0.3 is 5.11 Å². The molecule has 0 saturated heterocycles. The van der Waals surface area contributed by atoms with Gasteiger partial charge in [-0.25, -0.2) is 4.68 Å². The standard InChI is InChI=1S/C17H12N2O2/c20-13-8-12-9-16(18-19(12)17(21)10-13)15-7-3-5-11-4-1-2-6-14(11)15/h1-7,9-10,20H,8H2. The van der Waals surface area contributed by atoms with Gasteiger partial charge in [0.25, 0.3) is 5.91 Å². The molecule has 0 fully saturated rings. The lowest BCUT2D eigenvalue weighted by Crippen LogP contribution is -2.18. The lowest BCUT2D eigenvalue weighted by atomic mass is 10.0. The van der Waals surface area contributed by atoms with Crippen LogP contribution in [0.4, 0.5) is 0 Å². The summed E-state index contributed by atoms with van der Waals surface area (Å²) in [6, 6.07) is 16.0. The number of allylic oxidation sites excluding steroid dienone is 2. The Hall–Kier alpha value is -2.88. The van der Waals surface area contributed by atoms with Crippen molar-refractivity contribution in [3.8, 4) is 11.3 Å². The van der Waals surface area contributed by atoms with Crippen LogP contribution in [-0.4, -0.2) is 20.8 Å². The maximum Gasteiger partial charge on any atom is 0.274 e. The normalized spacial score (nSPS) is 14.1. The monoisotopic (exact) mass is 276 g/mol. The molecular formula is C17H12N2O2. The molecular weight excluding hydrogens is 264 g/mol. The minimum atomic E-state index is -0.305. The van der Waals surface area contributed by atoms with E-state index in [0.717, 1.165) is 22.0 Å². The number of rotatable bonds is 1. The molecule has 1 N–H and O–H groups in total. The highest BCUT2D eigenvalue weighted by Gasteiger charge is 2.20. The van der Waals surface area contributed by atoms with E-state index in [1.54, 1.807) is 0 Å². The Balaban J connectivity index is 1.92. The molecule has 4 rings (SSSR count). The second-order valence-electron chi connectivity index (χ2n) is 5.11. The van der Waals surface area contributed by atoms with Crippen molar-refractivity contribution in [1.29, 1.82) is 0 Å². The number of aromatic nitrogens is 2. The van der Waals surface area contributed by atoms with Crippen LogP contribution in [0.3, 0.4) is 0 Å². The van der Waals surface area contributed by atoms with Crippen LogP contribution >= 0.6 is 0 Å². The maximum absolute atomic E-state index is 11.9. The van der Waals surface area contributed by atoms with Crippen LogP contribution in [0.1, 0.15) is 10.5 Å². The molecule has 4 nitrogen and oxygen atoms in total. The summed E-state index contributed by atoms with van der Waals surface area (Å²) >= 11 is 0. The first-order valence-corrected chi connectivity index (χ1v) is 6.73. The fourth-order valence-corrected chi connectivity index (χ4v) is 2.76. The summed E-state index contributed by atoms with van der Waals surface area (Å²) in [6.45, 7) is 0. The van der Waals surface area contributed by atoms with E-state index in [0.29, 0.717) is 12.1 Å². The van der Waals surface area contributed by atoms with Gasteiger partial charge >= 0.3 is 0 Å². The van der Waals surface area contributed by atoms with E-state index in [1.807, 2.05) is 48.5 Å². The number of carbonyl (C=O) groups is 1. The fourth-order valence-electron chi connectivity index (χ4n) is 2.76. The fraction of sp³-hybridized carbons (Fsp3) is 0.0588. The van der Waals surface area contributed by atoms with Gasteiger partial charge in [0.05, 0.1) is 11.4 Å². The first-order valence-electron chi connectivity index (χ1n) is 6.73. The van der Waals surface area contributed by atoms with Gasteiger partial charge in [0.2, 0.25) is 0 Å². The van der Waals surface area contributed by atoms with Crippen molar-refractivity contribution >= 4 is 16.7 Å². The van der Waals surface area contributed by atoms with Gasteiger partial charge in [0.1, 0.15) is 5.76 Å². The number of benzene rings is 2. The second-order valence-corrected chi connectivity index (χ2v) is 5.11. The molecule has 2 aromatic carbocycles. The van der Waals surface area contributed by atoms with E-state index in [4.69, 9.17) is 0 Å².